The standard InChI is InChI=1S/C15H14N2O/c16-13-7-4-11(5-8-13)6-9-15(18)12-2-1-3-14(17)10-12/h1-10H,16-17H2/b9-6+. The van der Waals surface area contributed by atoms with Gasteiger partial charge in [-0.25, -0.2) is 0 Å². The number of nitrogen functional groups attached to an aromatic ring is 2. The van der Waals surface area contributed by atoms with Gasteiger partial charge in [-0.3, -0.25) is 4.79 Å². The van der Waals surface area contributed by atoms with E-state index in [2.05, 4.69) is 0 Å². The van der Waals surface area contributed by atoms with Crippen molar-refractivity contribution >= 4 is 23.2 Å². The Hall–Kier alpha value is -2.55. The summed E-state index contributed by atoms with van der Waals surface area (Å²) in [5, 5.41) is 0. The van der Waals surface area contributed by atoms with Crippen LogP contribution in [0.25, 0.3) is 6.08 Å². The molecular weight excluding hydrogens is 224 g/mol. The third kappa shape index (κ3) is 2.98. The van der Waals surface area contributed by atoms with Crippen LogP contribution < -0.4 is 11.5 Å². The average Bonchev–Trinajstić information content (AvgIpc) is 2.38. The molecule has 0 spiro atoms. The SMILES string of the molecule is Nc1ccc(/C=C/C(=O)c2cccc(N)c2)cc1. The van der Waals surface area contributed by atoms with Crippen LogP contribution in [0.2, 0.25) is 0 Å². The fourth-order valence-corrected chi connectivity index (χ4v) is 1.57. The molecule has 0 heterocycles. The van der Waals surface area contributed by atoms with E-state index in [1.165, 1.54) is 6.08 Å². The summed E-state index contributed by atoms with van der Waals surface area (Å²) in [5.41, 5.74) is 14.0. The number of allylic oxidation sites excluding steroid dienone is 1. The summed E-state index contributed by atoms with van der Waals surface area (Å²) in [6, 6.07) is 14.2. The third-order valence-corrected chi connectivity index (χ3v) is 2.53. The summed E-state index contributed by atoms with van der Waals surface area (Å²) in [7, 11) is 0. The zero-order valence-corrected chi connectivity index (χ0v) is 9.84. The number of carbonyl (C=O) groups excluding carboxylic acids is 1. The Kier molecular flexibility index (Phi) is 3.44. The second-order valence-electron chi connectivity index (χ2n) is 3.99. The van der Waals surface area contributed by atoms with Gasteiger partial charge >= 0.3 is 0 Å². The number of ketones is 1. The molecule has 0 saturated carbocycles. The molecule has 2 rings (SSSR count). The van der Waals surface area contributed by atoms with Gasteiger partial charge in [0.25, 0.3) is 0 Å². The molecule has 0 aliphatic carbocycles. The Balaban J connectivity index is 2.14. The maximum Gasteiger partial charge on any atom is 0.185 e. The molecule has 0 saturated heterocycles. The molecule has 2 aromatic rings. The first-order valence-corrected chi connectivity index (χ1v) is 5.58. The Labute approximate surface area is 106 Å². The van der Waals surface area contributed by atoms with Gasteiger partial charge in [-0.2, -0.15) is 0 Å². The van der Waals surface area contributed by atoms with Crippen molar-refractivity contribution in [2.75, 3.05) is 11.5 Å². The van der Waals surface area contributed by atoms with E-state index in [1.54, 1.807) is 42.5 Å². The highest BCUT2D eigenvalue weighted by molar-refractivity contribution is 6.07. The predicted octanol–water partition coefficient (Wildman–Crippen LogP) is 2.75. The third-order valence-electron chi connectivity index (χ3n) is 2.53. The van der Waals surface area contributed by atoms with Crippen molar-refractivity contribution in [2.45, 2.75) is 0 Å². The van der Waals surface area contributed by atoms with Gasteiger partial charge in [0.1, 0.15) is 0 Å². The first kappa shape index (κ1) is 11.9. The van der Waals surface area contributed by atoms with Gasteiger partial charge in [0.05, 0.1) is 0 Å². The summed E-state index contributed by atoms with van der Waals surface area (Å²) in [6.07, 6.45) is 3.28. The van der Waals surface area contributed by atoms with E-state index in [1.807, 2.05) is 12.1 Å². The number of nitrogens with two attached hydrogens (primary N) is 2. The molecule has 0 fully saturated rings. The van der Waals surface area contributed by atoms with Crippen molar-refractivity contribution in [2.24, 2.45) is 0 Å². The van der Waals surface area contributed by atoms with Crippen LogP contribution in [-0.2, 0) is 0 Å². The van der Waals surface area contributed by atoms with Gasteiger partial charge in [0.2, 0.25) is 0 Å². The Bertz CT molecular complexity index is 586. The fourth-order valence-electron chi connectivity index (χ4n) is 1.57. The van der Waals surface area contributed by atoms with Crippen LogP contribution in [0.3, 0.4) is 0 Å². The van der Waals surface area contributed by atoms with Crippen LogP contribution >= 0.6 is 0 Å². The molecule has 3 heteroatoms. The quantitative estimate of drug-likeness (QED) is 0.490. The zero-order chi connectivity index (χ0) is 13.0. The van der Waals surface area contributed by atoms with Crippen molar-refractivity contribution in [1.29, 1.82) is 0 Å². The van der Waals surface area contributed by atoms with Crippen molar-refractivity contribution in [3.8, 4) is 0 Å². The predicted molar refractivity (Wildman–Crippen MR) is 75.1 cm³/mol. The fraction of sp³-hybridized carbons (Fsp3) is 0. The van der Waals surface area contributed by atoms with E-state index in [-0.39, 0.29) is 5.78 Å². The Morgan fingerprint density at radius 3 is 2.33 bits per heavy atom. The van der Waals surface area contributed by atoms with Crippen molar-refractivity contribution in [3.05, 3.63) is 65.7 Å². The highest BCUT2D eigenvalue weighted by atomic mass is 16.1. The van der Waals surface area contributed by atoms with Gasteiger partial charge in [-0.15, -0.1) is 0 Å². The number of benzene rings is 2. The van der Waals surface area contributed by atoms with E-state index in [9.17, 15) is 4.79 Å². The van der Waals surface area contributed by atoms with E-state index >= 15 is 0 Å². The number of hydrogen-bond donors (Lipinski definition) is 2. The molecule has 0 unspecified atom stereocenters. The van der Waals surface area contributed by atoms with Crippen molar-refractivity contribution in [3.63, 3.8) is 0 Å². The molecule has 3 nitrogen and oxygen atoms in total. The maximum absolute atomic E-state index is 11.9. The zero-order valence-electron chi connectivity index (χ0n) is 9.84. The van der Waals surface area contributed by atoms with E-state index in [0.29, 0.717) is 16.9 Å². The minimum absolute atomic E-state index is 0.0703. The van der Waals surface area contributed by atoms with Crippen LogP contribution in [0.5, 0.6) is 0 Å². The van der Waals surface area contributed by atoms with Gasteiger partial charge in [0, 0.05) is 16.9 Å². The topological polar surface area (TPSA) is 69.1 Å². The lowest BCUT2D eigenvalue weighted by Crippen LogP contribution is -1.95. The summed E-state index contributed by atoms with van der Waals surface area (Å²) in [6.45, 7) is 0. The highest BCUT2D eigenvalue weighted by Crippen LogP contribution is 2.10. The van der Waals surface area contributed by atoms with Crippen LogP contribution in [0, 0.1) is 0 Å². The summed E-state index contributed by atoms with van der Waals surface area (Å²) >= 11 is 0. The molecule has 0 aromatic heterocycles. The van der Waals surface area contributed by atoms with E-state index in [0.717, 1.165) is 5.56 Å². The summed E-state index contributed by atoms with van der Waals surface area (Å²) < 4.78 is 0. The number of hydrogen-bond acceptors (Lipinski definition) is 3. The van der Waals surface area contributed by atoms with Gasteiger partial charge < -0.3 is 11.5 Å². The molecular formula is C15H14N2O. The number of rotatable bonds is 3. The van der Waals surface area contributed by atoms with Crippen LogP contribution in [0.1, 0.15) is 15.9 Å². The van der Waals surface area contributed by atoms with E-state index in [4.69, 9.17) is 11.5 Å². The molecule has 0 amide bonds. The van der Waals surface area contributed by atoms with Crippen molar-refractivity contribution in [1.82, 2.24) is 0 Å². The smallest absolute Gasteiger partial charge is 0.185 e. The summed E-state index contributed by atoms with van der Waals surface area (Å²) in [5.74, 6) is -0.0703. The molecule has 0 radical (unpaired) electrons. The monoisotopic (exact) mass is 238 g/mol. The molecule has 0 aliphatic rings. The van der Waals surface area contributed by atoms with E-state index < -0.39 is 0 Å². The Morgan fingerprint density at radius 1 is 0.944 bits per heavy atom. The first-order valence-electron chi connectivity index (χ1n) is 5.58. The molecule has 90 valence electrons. The molecule has 2 aromatic carbocycles. The normalized spacial score (nSPS) is 10.7. The van der Waals surface area contributed by atoms with Crippen LogP contribution in [0.15, 0.2) is 54.6 Å². The largest absolute Gasteiger partial charge is 0.399 e. The second kappa shape index (κ2) is 5.19. The van der Waals surface area contributed by atoms with Gasteiger partial charge in [0.15, 0.2) is 5.78 Å². The number of carbonyl (C=O) groups is 1. The van der Waals surface area contributed by atoms with Crippen LogP contribution in [0.4, 0.5) is 11.4 Å². The minimum Gasteiger partial charge on any atom is -0.399 e. The number of anilines is 2. The second-order valence-corrected chi connectivity index (χ2v) is 3.99. The molecule has 4 N–H and O–H groups in total. The molecule has 0 atom stereocenters. The summed E-state index contributed by atoms with van der Waals surface area (Å²) in [4.78, 5) is 11.9. The lowest BCUT2D eigenvalue weighted by molar-refractivity contribution is 0.104. The van der Waals surface area contributed by atoms with Crippen molar-refractivity contribution < 1.29 is 4.79 Å². The maximum atomic E-state index is 11.9. The highest BCUT2D eigenvalue weighted by Gasteiger charge is 2.01. The Morgan fingerprint density at radius 2 is 1.67 bits per heavy atom. The van der Waals surface area contributed by atoms with Crippen LogP contribution in [-0.4, -0.2) is 5.78 Å². The molecule has 0 aliphatic heterocycles. The molecule has 18 heavy (non-hydrogen) atoms. The lowest BCUT2D eigenvalue weighted by Gasteiger charge is -1.98. The molecule has 0 bridgehead atoms. The minimum atomic E-state index is -0.0703. The lowest BCUT2D eigenvalue weighted by atomic mass is 10.1. The van der Waals surface area contributed by atoms with Gasteiger partial charge in [-0.1, -0.05) is 30.3 Å². The first-order chi connectivity index (χ1) is 8.65. The van der Waals surface area contributed by atoms with Gasteiger partial charge in [-0.05, 0) is 35.9 Å². The average molecular weight is 238 g/mol.